The Labute approximate surface area is 109 Å². The molecule has 0 saturated carbocycles. The smallest absolute Gasteiger partial charge is 0.337 e. The van der Waals surface area contributed by atoms with Crippen LogP contribution in [0.5, 0.6) is 0 Å². The quantitative estimate of drug-likeness (QED) is 0.893. The largest absolute Gasteiger partial charge is 0.416 e. The lowest BCUT2D eigenvalue weighted by molar-refractivity contribution is -0.137. The number of hydrogen-bond donors (Lipinski definition) is 1. The number of nitrogens with one attached hydrogen (secondary N) is 1. The van der Waals surface area contributed by atoms with Crippen molar-refractivity contribution in [2.45, 2.75) is 19.1 Å². The lowest BCUT2D eigenvalue weighted by Crippen LogP contribution is -2.34. The molecule has 1 aliphatic heterocycles. The van der Waals surface area contributed by atoms with Crippen LogP contribution in [0.2, 0.25) is 0 Å². The van der Waals surface area contributed by atoms with Crippen LogP contribution in [0.25, 0.3) is 0 Å². The molecule has 0 aromatic heterocycles. The topological polar surface area (TPSA) is 32.3 Å². The van der Waals surface area contributed by atoms with E-state index in [9.17, 15) is 18.0 Å². The predicted octanol–water partition coefficient (Wildman–Crippen LogP) is 2.03. The van der Waals surface area contributed by atoms with Crippen LogP contribution in [0.1, 0.15) is 17.5 Å². The van der Waals surface area contributed by atoms with Crippen LogP contribution < -0.4 is 5.32 Å². The fourth-order valence-corrected chi connectivity index (χ4v) is 2.01. The summed E-state index contributed by atoms with van der Waals surface area (Å²) in [6, 6.07) is 4.95. The van der Waals surface area contributed by atoms with Crippen molar-refractivity contribution >= 4 is 5.91 Å². The lowest BCUT2D eigenvalue weighted by atomic mass is 10.1. The lowest BCUT2D eigenvalue weighted by Gasteiger charge is -2.20. The molecule has 3 nitrogen and oxygen atoms in total. The van der Waals surface area contributed by atoms with Gasteiger partial charge in [-0.05, 0) is 30.7 Å². The molecule has 0 spiro atoms. The average molecular weight is 272 g/mol. The number of benzene rings is 1. The van der Waals surface area contributed by atoms with E-state index in [1.165, 1.54) is 12.1 Å². The van der Waals surface area contributed by atoms with E-state index < -0.39 is 11.7 Å². The van der Waals surface area contributed by atoms with E-state index >= 15 is 0 Å². The molecule has 1 aromatic rings. The Morgan fingerprint density at radius 1 is 1.21 bits per heavy atom. The van der Waals surface area contributed by atoms with Crippen LogP contribution in [-0.4, -0.2) is 30.4 Å². The first-order valence-electron chi connectivity index (χ1n) is 6.11. The average Bonchev–Trinajstić information content (AvgIpc) is 2.55. The van der Waals surface area contributed by atoms with Crippen LogP contribution in [0, 0.1) is 0 Å². The highest BCUT2D eigenvalue weighted by atomic mass is 19.4. The van der Waals surface area contributed by atoms with E-state index in [1.807, 2.05) is 0 Å². The SMILES string of the molecule is O=C1CNCCCN1Cc1ccc(C(F)(F)F)cc1. The third kappa shape index (κ3) is 3.70. The number of hydrogen-bond acceptors (Lipinski definition) is 2. The van der Waals surface area contributed by atoms with Gasteiger partial charge in [-0.3, -0.25) is 4.79 Å². The minimum Gasteiger partial charge on any atom is -0.337 e. The van der Waals surface area contributed by atoms with Gasteiger partial charge in [-0.2, -0.15) is 13.2 Å². The van der Waals surface area contributed by atoms with Gasteiger partial charge in [0.1, 0.15) is 0 Å². The maximum Gasteiger partial charge on any atom is 0.416 e. The Morgan fingerprint density at radius 2 is 1.89 bits per heavy atom. The van der Waals surface area contributed by atoms with E-state index in [0.717, 1.165) is 25.1 Å². The maximum absolute atomic E-state index is 12.4. The van der Waals surface area contributed by atoms with E-state index in [-0.39, 0.29) is 5.91 Å². The summed E-state index contributed by atoms with van der Waals surface area (Å²) in [5, 5.41) is 3.00. The number of rotatable bonds is 2. The monoisotopic (exact) mass is 272 g/mol. The van der Waals surface area contributed by atoms with Crippen molar-refractivity contribution < 1.29 is 18.0 Å². The van der Waals surface area contributed by atoms with Gasteiger partial charge in [-0.1, -0.05) is 12.1 Å². The fourth-order valence-electron chi connectivity index (χ4n) is 2.01. The number of alkyl halides is 3. The van der Waals surface area contributed by atoms with E-state index in [2.05, 4.69) is 5.32 Å². The molecule has 0 radical (unpaired) electrons. The molecule has 0 aliphatic carbocycles. The molecule has 1 aliphatic rings. The first-order valence-corrected chi connectivity index (χ1v) is 6.11. The number of amides is 1. The van der Waals surface area contributed by atoms with Crippen LogP contribution in [-0.2, 0) is 17.5 Å². The summed E-state index contributed by atoms with van der Waals surface area (Å²) in [6.07, 6.45) is -3.47. The minimum absolute atomic E-state index is 0.0163. The first-order chi connectivity index (χ1) is 8.97. The van der Waals surface area contributed by atoms with Gasteiger partial charge in [0.15, 0.2) is 0 Å². The zero-order valence-corrected chi connectivity index (χ0v) is 10.3. The highest BCUT2D eigenvalue weighted by Gasteiger charge is 2.30. The zero-order chi connectivity index (χ0) is 13.9. The summed E-state index contributed by atoms with van der Waals surface area (Å²) in [4.78, 5) is 13.4. The van der Waals surface area contributed by atoms with Gasteiger partial charge in [0.25, 0.3) is 0 Å². The van der Waals surface area contributed by atoms with Crippen LogP contribution in [0.4, 0.5) is 13.2 Å². The summed E-state index contributed by atoms with van der Waals surface area (Å²) in [6.45, 7) is 2.07. The second-order valence-corrected chi connectivity index (χ2v) is 4.54. The normalized spacial score (nSPS) is 17.4. The van der Waals surface area contributed by atoms with Crippen LogP contribution in [0.15, 0.2) is 24.3 Å². The van der Waals surface area contributed by atoms with Crippen molar-refractivity contribution in [1.29, 1.82) is 0 Å². The van der Waals surface area contributed by atoms with Crippen molar-refractivity contribution in [3.05, 3.63) is 35.4 Å². The Morgan fingerprint density at radius 3 is 2.53 bits per heavy atom. The Balaban J connectivity index is 2.04. The molecule has 0 unspecified atom stereocenters. The summed E-state index contributed by atoms with van der Waals surface area (Å²) in [5.41, 5.74) is 0.0448. The number of halogens is 3. The molecular weight excluding hydrogens is 257 g/mol. The predicted molar refractivity (Wildman–Crippen MR) is 64.3 cm³/mol. The molecule has 104 valence electrons. The van der Waals surface area contributed by atoms with Gasteiger partial charge in [-0.25, -0.2) is 0 Å². The van der Waals surface area contributed by atoms with Crippen molar-refractivity contribution in [3.63, 3.8) is 0 Å². The molecular formula is C13H15F3N2O. The van der Waals surface area contributed by atoms with Gasteiger partial charge < -0.3 is 10.2 Å². The van der Waals surface area contributed by atoms with Crippen molar-refractivity contribution in [2.75, 3.05) is 19.6 Å². The summed E-state index contributed by atoms with van der Waals surface area (Å²) >= 11 is 0. The molecule has 1 aromatic carbocycles. The Bertz CT molecular complexity index is 442. The number of carbonyl (C=O) groups excluding carboxylic acids is 1. The number of nitrogens with zero attached hydrogens (tertiary/aromatic N) is 1. The third-order valence-electron chi connectivity index (χ3n) is 3.07. The van der Waals surface area contributed by atoms with Crippen molar-refractivity contribution in [1.82, 2.24) is 10.2 Å². The second-order valence-electron chi connectivity index (χ2n) is 4.54. The molecule has 1 heterocycles. The molecule has 2 rings (SSSR count). The van der Waals surface area contributed by atoms with Crippen LogP contribution in [0.3, 0.4) is 0 Å². The van der Waals surface area contributed by atoms with E-state index in [4.69, 9.17) is 0 Å². The highest BCUT2D eigenvalue weighted by Crippen LogP contribution is 2.29. The molecule has 1 amide bonds. The standard InChI is InChI=1S/C13H15F3N2O/c14-13(15,16)11-4-2-10(3-5-11)9-18-7-1-6-17-8-12(18)19/h2-5,17H,1,6-9H2. The summed E-state index contributed by atoms with van der Waals surface area (Å²) < 4.78 is 37.3. The van der Waals surface area contributed by atoms with Gasteiger partial charge in [0.05, 0.1) is 12.1 Å². The van der Waals surface area contributed by atoms with Gasteiger partial charge >= 0.3 is 6.18 Å². The molecule has 1 fully saturated rings. The van der Waals surface area contributed by atoms with Crippen molar-refractivity contribution in [3.8, 4) is 0 Å². The van der Waals surface area contributed by atoms with Crippen molar-refractivity contribution in [2.24, 2.45) is 0 Å². The van der Waals surface area contributed by atoms with E-state index in [0.29, 0.717) is 25.2 Å². The molecule has 1 saturated heterocycles. The second kappa shape index (κ2) is 5.61. The number of carbonyl (C=O) groups is 1. The van der Waals surface area contributed by atoms with Gasteiger partial charge in [0.2, 0.25) is 5.91 Å². The van der Waals surface area contributed by atoms with Gasteiger partial charge in [0, 0.05) is 13.1 Å². The summed E-state index contributed by atoms with van der Waals surface area (Å²) in [5.74, 6) is -0.0163. The van der Waals surface area contributed by atoms with Gasteiger partial charge in [-0.15, -0.1) is 0 Å². The maximum atomic E-state index is 12.4. The third-order valence-corrected chi connectivity index (χ3v) is 3.07. The Kier molecular flexibility index (Phi) is 4.09. The molecule has 6 heteroatoms. The van der Waals surface area contributed by atoms with E-state index in [1.54, 1.807) is 4.90 Å². The molecule has 1 N–H and O–H groups in total. The highest BCUT2D eigenvalue weighted by molar-refractivity contribution is 5.78. The molecule has 0 atom stereocenters. The zero-order valence-electron chi connectivity index (χ0n) is 10.3. The Hall–Kier alpha value is -1.56. The first kappa shape index (κ1) is 13.9. The molecule has 0 bridgehead atoms. The molecule has 19 heavy (non-hydrogen) atoms. The summed E-state index contributed by atoms with van der Waals surface area (Å²) in [7, 11) is 0. The van der Waals surface area contributed by atoms with Crippen LogP contribution >= 0.6 is 0 Å². The fraction of sp³-hybridized carbons (Fsp3) is 0.462. The minimum atomic E-state index is -4.32.